The van der Waals surface area contributed by atoms with E-state index in [9.17, 15) is 0 Å². The molecule has 0 aliphatic heterocycles. The first-order chi connectivity index (χ1) is 9.63. The highest BCUT2D eigenvalue weighted by molar-refractivity contribution is 5.53. The molecule has 2 N–H and O–H groups in total. The van der Waals surface area contributed by atoms with Gasteiger partial charge in [0.05, 0.1) is 17.9 Å². The van der Waals surface area contributed by atoms with E-state index in [0.717, 1.165) is 37.3 Å². The Hall–Kier alpha value is -1.97. The third-order valence-corrected chi connectivity index (χ3v) is 3.49. The molecule has 0 unspecified atom stereocenters. The van der Waals surface area contributed by atoms with Crippen LogP contribution in [0, 0.1) is 0 Å². The van der Waals surface area contributed by atoms with Crippen LogP contribution in [0.3, 0.4) is 0 Å². The van der Waals surface area contributed by atoms with Crippen LogP contribution in [-0.2, 0) is 20.0 Å². The maximum Gasteiger partial charge on any atom is 0.0625 e. The summed E-state index contributed by atoms with van der Waals surface area (Å²) in [5.41, 5.74) is 10.2. The van der Waals surface area contributed by atoms with Crippen LogP contribution in [0.25, 0.3) is 0 Å². The van der Waals surface area contributed by atoms with E-state index in [1.807, 2.05) is 23.9 Å². The van der Waals surface area contributed by atoms with Crippen LogP contribution in [0.15, 0.2) is 30.3 Å². The van der Waals surface area contributed by atoms with E-state index in [4.69, 9.17) is 5.73 Å². The molecule has 1 aromatic heterocycles. The average Bonchev–Trinajstić information content (AvgIpc) is 2.80. The first kappa shape index (κ1) is 14.4. The lowest BCUT2D eigenvalue weighted by Crippen LogP contribution is -2.24. The van der Waals surface area contributed by atoms with Crippen molar-refractivity contribution in [2.24, 2.45) is 7.05 Å². The van der Waals surface area contributed by atoms with E-state index in [1.54, 1.807) is 0 Å². The van der Waals surface area contributed by atoms with Gasteiger partial charge < -0.3 is 10.6 Å². The number of hydrogen-bond acceptors (Lipinski definition) is 3. The maximum atomic E-state index is 5.77. The second kappa shape index (κ2) is 6.46. The van der Waals surface area contributed by atoms with Crippen molar-refractivity contribution in [3.63, 3.8) is 0 Å². The highest BCUT2D eigenvalue weighted by Gasteiger charge is 2.10. The van der Waals surface area contributed by atoms with E-state index in [1.165, 1.54) is 11.4 Å². The van der Waals surface area contributed by atoms with Crippen molar-refractivity contribution in [1.29, 1.82) is 0 Å². The second-order valence-electron chi connectivity index (χ2n) is 5.12. The van der Waals surface area contributed by atoms with Gasteiger partial charge in [0.15, 0.2) is 0 Å². The maximum absolute atomic E-state index is 5.77. The molecule has 0 spiro atoms. The molecule has 2 aromatic rings. The molecule has 0 bridgehead atoms. The number of nitrogens with two attached hydrogens (primary N) is 1. The zero-order valence-electron chi connectivity index (χ0n) is 12.6. The average molecular weight is 272 g/mol. The smallest absolute Gasteiger partial charge is 0.0625 e. The number of aromatic nitrogens is 2. The molecule has 2 rings (SSSR count). The topological polar surface area (TPSA) is 47.1 Å². The minimum Gasteiger partial charge on any atom is -0.399 e. The third-order valence-electron chi connectivity index (χ3n) is 3.49. The van der Waals surface area contributed by atoms with Crippen LogP contribution in [0.2, 0.25) is 0 Å². The predicted molar refractivity (Wildman–Crippen MR) is 84.8 cm³/mol. The van der Waals surface area contributed by atoms with Gasteiger partial charge in [-0.3, -0.25) is 4.68 Å². The highest BCUT2D eigenvalue weighted by atomic mass is 15.3. The fourth-order valence-corrected chi connectivity index (χ4v) is 2.34. The number of rotatable bonds is 6. The van der Waals surface area contributed by atoms with Crippen LogP contribution in [-0.4, -0.2) is 16.3 Å². The van der Waals surface area contributed by atoms with Gasteiger partial charge in [0, 0.05) is 25.0 Å². The zero-order chi connectivity index (χ0) is 14.5. The lowest BCUT2D eigenvalue weighted by Gasteiger charge is -2.24. The van der Waals surface area contributed by atoms with Crippen LogP contribution in [0.4, 0.5) is 11.4 Å². The Labute approximate surface area is 121 Å². The predicted octanol–water partition coefficient (Wildman–Crippen LogP) is 2.98. The van der Waals surface area contributed by atoms with Gasteiger partial charge in [0.2, 0.25) is 0 Å². The Bertz CT molecular complexity index is 542. The van der Waals surface area contributed by atoms with E-state index >= 15 is 0 Å². The van der Waals surface area contributed by atoms with Gasteiger partial charge in [-0.1, -0.05) is 13.8 Å². The summed E-state index contributed by atoms with van der Waals surface area (Å²) in [6, 6.07) is 10.3. The Balaban J connectivity index is 2.20. The van der Waals surface area contributed by atoms with Crippen LogP contribution < -0.4 is 10.6 Å². The van der Waals surface area contributed by atoms with Gasteiger partial charge in [0.1, 0.15) is 0 Å². The summed E-state index contributed by atoms with van der Waals surface area (Å²) < 4.78 is 1.98. The molecule has 0 fully saturated rings. The van der Waals surface area contributed by atoms with Crippen molar-refractivity contribution in [3.8, 4) is 0 Å². The summed E-state index contributed by atoms with van der Waals surface area (Å²) >= 11 is 0. The van der Waals surface area contributed by atoms with Gasteiger partial charge in [-0.05, 0) is 43.2 Å². The number of aryl methyl sites for hydroxylation is 2. The molecular formula is C16H24N4. The van der Waals surface area contributed by atoms with Gasteiger partial charge in [0.25, 0.3) is 0 Å². The van der Waals surface area contributed by atoms with Gasteiger partial charge in [-0.25, -0.2) is 0 Å². The van der Waals surface area contributed by atoms with E-state index in [-0.39, 0.29) is 0 Å². The summed E-state index contributed by atoms with van der Waals surface area (Å²) in [6.07, 6.45) is 2.09. The molecule has 20 heavy (non-hydrogen) atoms. The number of hydrogen-bond donors (Lipinski definition) is 1. The Morgan fingerprint density at radius 1 is 1.20 bits per heavy atom. The van der Waals surface area contributed by atoms with Crippen molar-refractivity contribution in [2.75, 3.05) is 17.2 Å². The van der Waals surface area contributed by atoms with Crippen LogP contribution in [0.1, 0.15) is 31.7 Å². The Morgan fingerprint density at radius 2 is 1.90 bits per heavy atom. The Morgan fingerprint density at radius 3 is 2.45 bits per heavy atom. The van der Waals surface area contributed by atoms with Crippen molar-refractivity contribution >= 4 is 11.4 Å². The van der Waals surface area contributed by atoms with E-state index < -0.39 is 0 Å². The zero-order valence-corrected chi connectivity index (χ0v) is 12.6. The standard InChI is InChI=1S/C16H24N4/c1-4-10-20(15-8-6-13(17)7-9-15)12-16-11-14(5-2)18-19(16)3/h6-9,11H,4-5,10,12,17H2,1-3H3. The largest absolute Gasteiger partial charge is 0.399 e. The lowest BCUT2D eigenvalue weighted by atomic mass is 10.2. The van der Waals surface area contributed by atoms with Gasteiger partial charge in [-0.15, -0.1) is 0 Å². The highest BCUT2D eigenvalue weighted by Crippen LogP contribution is 2.19. The first-order valence-electron chi connectivity index (χ1n) is 7.26. The second-order valence-corrected chi connectivity index (χ2v) is 5.12. The van der Waals surface area contributed by atoms with E-state index in [2.05, 4.69) is 42.0 Å². The number of nitrogens with zero attached hydrogens (tertiary/aromatic N) is 3. The summed E-state index contributed by atoms with van der Waals surface area (Å²) in [6.45, 7) is 6.23. The molecular weight excluding hydrogens is 248 g/mol. The normalized spacial score (nSPS) is 10.8. The molecule has 0 saturated carbocycles. The third kappa shape index (κ3) is 3.32. The molecule has 0 saturated heterocycles. The van der Waals surface area contributed by atoms with Crippen molar-refractivity contribution in [1.82, 2.24) is 9.78 Å². The van der Waals surface area contributed by atoms with E-state index in [0.29, 0.717) is 0 Å². The molecule has 1 heterocycles. The molecule has 4 nitrogen and oxygen atoms in total. The SMILES string of the molecule is CCCN(Cc1cc(CC)nn1C)c1ccc(N)cc1. The Kier molecular flexibility index (Phi) is 4.66. The molecule has 4 heteroatoms. The van der Waals surface area contributed by atoms with Crippen LogP contribution in [0.5, 0.6) is 0 Å². The van der Waals surface area contributed by atoms with Gasteiger partial charge >= 0.3 is 0 Å². The molecule has 0 amide bonds. The minimum absolute atomic E-state index is 0.805. The lowest BCUT2D eigenvalue weighted by molar-refractivity contribution is 0.667. The molecule has 0 aliphatic carbocycles. The molecule has 0 radical (unpaired) electrons. The first-order valence-corrected chi connectivity index (χ1v) is 7.26. The molecule has 0 atom stereocenters. The summed E-state index contributed by atoms with van der Waals surface area (Å²) in [4.78, 5) is 2.37. The number of benzene rings is 1. The molecule has 1 aromatic carbocycles. The van der Waals surface area contributed by atoms with Crippen molar-refractivity contribution in [2.45, 2.75) is 33.2 Å². The minimum atomic E-state index is 0.805. The molecule has 0 aliphatic rings. The molecule has 108 valence electrons. The van der Waals surface area contributed by atoms with Gasteiger partial charge in [-0.2, -0.15) is 5.10 Å². The van der Waals surface area contributed by atoms with Crippen molar-refractivity contribution < 1.29 is 0 Å². The number of anilines is 2. The monoisotopic (exact) mass is 272 g/mol. The quantitative estimate of drug-likeness (QED) is 0.822. The fraction of sp³-hybridized carbons (Fsp3) is 0.438. The van der Waals surface area contributed by atoms with Crippen LogP contribution >= 0.6 is 0 Å². The summed E-state index contributed by atoms with van der Waals surface area (Å²) in [5, 5.41) is 4.52. The summed E-state index contributed by atoms with van der Waals surface area (Å²) in [5.74, 6) is 0. The summed E-state index contributed by atoms with van der Waals surface area (Å²) in [7, 11) is 2.02. The van der Waals surface area contributed by atoms with Crippen molar-refractivity contribution in [3.05, 3.63) is 41.7 Å². The number of nitrogen functional groups attached to an aromatic ring is 1. The fourth-order valence-electron chi connectivity index (χ4n) is 2.34.